The monoisotopic (exact) mass is 226 g/mol. The molecule has 1 saturated carbocycles. The van der Waals surface area contributed by atoms with Crippen LogP contribution in [0.15, 0.2) is 0 Å². The Morgan fingerprint density at radius 1 is 1.38 bits per heavy atom. The quantitative estimate of drug-likeness (QED) is 0.751. The Labute approximate surface area is 99.6 Å². The average Bonchev–Trinajstić information content (AvgIpc) is 2.69. The highest BCUT2D eigenvalue weighted by molar-refractivity contribution is 5.76. The standard InChI is InChI=1S/C13H26N2O/c1-11(2)14-9-8-13(16)15(3)10-12-6-4-5-7-12/h11-12,14H,4-10H2,1-3H3. The molecule has 16 heavy (non-hydrogen) atoms. The summed E-state index contributed by atoms with van der Waals surface area (Å²) in [6.07, 6.45) is 5.94. The molecule has 0 unspecified atom stereocenters. The van der Waals surface area contributed by atoms with Crippen molar-refractivity contribution in [2.45, 2.75) is 52.0 Å². The zero-order chi connectivity index (χ0) is 12.0. The number of carbonyl (C=O) groups excluding carboxylic acids is 1. The van der Waals surface area contributed by atoms with Crippen LogP contribution < -0.4 is 5.32 Å². The SMILES string of the molecule is CC(C)NCCC(=O)N(C)CC1CCCC1. The van der Waals surface area contributed by atoms with Crippen molar-refractivity contribution < 1.29 is 4.79 Å². The van der Waals surface area contributed by atoms with Gasteiger partial charge in [0.1, 0.15) is 0 Å². The number of rotatable bonds is 6. The summed E-state index contributed by atoms with van der Waals surface area (Å²) < 4.78 is 0. The molecule has 0 bridgehead atoms. The average molecular weight is 226 g/mol. The van der Waals surface area contributed by atoms with E-state index in [-0.39, 0.29) is 5.91 Å². The molecule has 0 saturated heterocycles. The van der Waals surface area contributed by atoms with Crippen LogP contribution in [0.3, 0.4) is 0 Å². The van der Waals surface area contributed by atoms with Crippen LogP contribution in [0.2, 0.25) is 0 Å². The molecule has 0 aromatic rings. The molecule has 1 fully saturated rings. The summed E-state index contributed by atoms with van der Waals surface area (Å²) in [5.74, 6) is 1.03. The van der Waals surface area contributed by atoms with E-state index in [2.05, 4.69) is 19.2 Å². The van der Waals surface area contributed by atoms with Crippen LogP contribution in [0.1, 0.15) is 46.0 Å². The molecule has 3 nitrogen and oxygen atoms in total. The third-order valence-corrected chi connectivity index (χ3v) is 3.32. The van der Waals surface area contributed by atoms with Crippen LogP contribution in [0.4, 0.5) is 0 Å². The van der Waals surface area contributed by atoms with Crippen molar-refractivity contribution in [3.05, 3.63) is 0 Å². The van der Waals surface area contributed by atoms with Gasteiger partial charge in [-0.1, -0.05) is 26.7 Å². The number of nitrogens with one attached hydrogen (secondary N) is 1. The van der Waals surface area contributed by atoms with Crippen molar-refractivity contribution in [2.75, 3.05) is 20.1 Å². The van der Waals surface area contributed by atoms with Crippen molar-refractivity contribution >= 4 is 5.91 Å². The zero-order valence-corrected chi connectivity index (χ0v) is 11.0. The Hall–Kier alpha value is -0.570. The highest BCUT2D eigenvalue weighted by atomic mass is 16.2. The molecule has 94 valence electrons. The summed E-state index contributed by atoms with van der Waals surface area (Å²) in [6, 6.07) is 0.466. The lowest BCUT2D eigenvalue weighted by molar-refractivity contribution is -0.130. The lowest BCUT2D eigenvalue weighted by Gasteiger charge is -2.21. The van der Waals surface area contributed by atoms with E-state index >= 15 is 0 Å². The lowest BCUT2D eigenvalue weighted by atomic mass is 10.1. The second-order valence-electron chi connectivity index (χ2n) is 5.28. The Morgan fingerprint density at radius 3 is 2.56 bits per heavy atom. The summed E-state index contributed by atoms with van der Waals surface area (Å²) in [5.41, 5.74) is 0. The van der Waals surface area contributed by atoms with Gasteiger partial charge in [-0.25, -0.2) is 0 Å². The zero-order valence-electron chi connectivity index (χ0n) is 11.0. The molecule has 0 heterocycles. The maximum absolute atomic E-state index is 11.8. The molecule has 0 atom stereocenters. The fourth-order valence-corrected chi connectivity index (χ4v) is 2.34. The number of hydrogen-bond donors (Lipinski definition) is 1. The van der Waals surface area contributed by atoms with E-state index in [0.29, 0.717) is 12.5 Å². The second kappa shape index (κ2) is 6.89. The predicted molar refractivity (Wildman–Crippen MR) is 67.4 cm³/mol. The number of hydrogen-bond acceptors (Lipinski definition) is 2. The Bertz CT molecular complexity index is 210. The maximum atomic E-state index is 11.8. The minimum Gasteiger partial charge on any atom is -0.345 e. The van der Waals surface area contributed by atoms with Crippen LogP contribution in [-0.4, -0.2) is 37.0 Å². The van der Waals surface area contributed by atoms with Gasteiger partial charge in [0.2, 0.25) is 5.91 Å². The first kappa shape index (κ1) is 13.5. The first-order valence-corrected chi connectivity index (χ1v) is 6.57. The summed E-state index contributed by atoms with van der Waals surface area (Å²) >= 11 is 0. The number of nitrogens with zero attached hydrogens (tertiary/aromatic N) is 1. The van der Waals surface area contributed by atoms with Crippen molar-refractivity contribution in [3.8, 4) is 0 Å². The van der Waals surface area contributed by atoms with Crippen LogP contribution >= 0.6 is 0 Å². The molecule has 1 rings (SSSR count). The van der Waals surface area contributed by atoms with E-state index in [1.54, 1.807) is 0 Å². The molecule has 1 N–H and O–H groups in total. The molecule has 0 spiro atoms. The Balaban J connectivity index is 2.14. The van der Waals surface area contributed by atoms with Crippen molar-refractivity contribution in [3.63, 3.8) is 0 Å². The van der Waals surface area contributed by atoms with Crippen molar-refractivity contribution in [2.24, 2.45) is 5.92 Å². The minimum absolute atomic E-state index is 0.278. The summed E-state index contributed by atoms with van der Waals surface area (Å²) in [7, 11) is 1.94. The largest absolute Gasteiger partial charge is 0.345 e. The van der Waals surface area contributed by atoms with Gasteiger partial charge in [-0.3, -0.25) is 4.79 Å². The third kappa shape index (κ3) is 4.97. The van der Waals surface area contributed by atoms with E-state index in [0.717, 1.165) is 19.0 Å². The van der Waals surface area contributed by atoms with E-state index in [1.165, 1.54) is 25.7 Å². The molecular formula is C13H26N2O. The van der Waals surface area contributed by atoms with E-state index in [9.17, 15) is 4.79 Å². The first-order valence-electron chi connectivity index (χ1n) is 6.57. The molecule has 1 aliphatic rings. The molecule has 1 amide bonds. The van der Waals surface area contributed by atoms with E-state index < -0.39 is 0 Å². The van der Waals surface area contributed by atoms with Gasteiger partial charge in [0.25, 0.3) is 0 Å². The minimum atomic E-state index is 0.278. The smallest absolute Gasteiger partial charge is 0.223 e. The van der Waals surface area contributed by atoms with E-state index in [1.807, 2.05) is 11.9 Å². The fraction of sp³-hybridized carbons (Fsp3) is 0.923. The summed E-state index contributed by atoms with van der Waals surface area (Å²) in [6.45, 7) is 5.96. The first-order chi connectivity index (χ1) is 7.59. The molecule has 3 heteroatoms. The molecule has 0 aromatic carbocycles. The third-order valence-electron chi connectivity index (χ3n) is 3.32. The van der Waals surface area contributed by atoms with Crippen molar-refractivity contribution in [1.29, 1.82) is 0 Å². The van der Waals surface area contributed by atoms with Crippen molar-refractivity contribution in [1.82, 2.24) is 10.2 Å². The summed E-state index contributed by atoms with van der Waals surface area (Å²) in [5, 5.41) is 3.28. The number of carbonyl (C=O) groups is 1. The highest BCUT2D eigenvalue weighted by Crippen LogP contribution is 2.25. The highest BCUT2D eigenvalue weighted by Gasteiger charge is 2.18. The molecule has 0 aromatic heterocycles. The molecule has 0 aliphatic heterocycles. The van der Waals surface area contributed by atoms with Gasteiger partial charge < -0.3 is 10.2 Å². The molecular weight excluding hydrogens is 200 g/mol. The van der Waals surface area contributed by atoms with Gasteiger partial charge in [-0.05, 0) is 18.8 Å². The lowest BCUT2D eigenvalue weighted by Crippen LogP contribution is -2.34. The van der Waals surface area contributed by atoms with E-state index in [4.69, 9.17) is 0 Å². The van der Waals surface area contributed by atoms with Gasteiger partial charge in [-0.2, -0.15) is 0 Å². The Morgan fingerprint density at radius 2 is 2.00 bits per heavy atom. The topological polar surface area (TPSA) is 32.3 Å². The van der Waals surface area contributed by atoms with Gasteiger partial charge >= 0.3 is 0 Å². The van der Waals surface area contributed by atoms with Crippen LogP contribution in [0, 0.1) is 5.92 Å². The normalized spacial score (nSPS) is 17.0. The summed E-state index contributed by atoms with van der Waals surface area (Å²) in [4.78, 5) is 13.7. The fourth-order valence-electron chi connectivity index (χ4n) is 2.34. The maximum Gasteiger partial charge on any atom is 0.223 e. The van der Waals surface area contributed by atoms with Gasteiger partial charge in [0.05, 0.1) is 0 Å². The van der Waals surface area contributed by atoms with Crippen LogP contribution in [0.25, 0.3) is 0 Å². The van der Waals surface area contributed by atoms with Gasteiger partial charge in [-0.15, -0.1) is 0 Å². The van der Waals surface area contributed by atoms with Crippen LogP contribution in [-0.2, 0) is 4.79 Å². The van der Waals surface area contributed by atoms with Gasteiger partial charge in [0, 0.05) is 32.6 Å². The predicted octanol–water partition coefficient (Wildman–Crippen LogP) is 2.02. The Kier molecular flexibility index (Phi) is 5.81. The second-order valence-corrected chi connectivity index (χ2v) is 5.28. The number of amides is 1. The van der Waals surface area contributed by atoms with Gasteiger partial charge in [0.15, 0.2) is 0 Å². The van der Waals surface area contributed by atoms with Crippen LogP contribution in [0.5, 0.6) is 0 Å². The molecule has 0 radical (unpaired) electrons. The molecule has 1 aliphatic carbocycles.